The molecule has 92 valence electrons. The lowest BCUT2D eigenvalue weighted by atomic mass is 10.1. The molecule has 1 heterocycles. The molecule has 18 heavy (non-hydrogen) atoms. The van der Waals surface area contributed by atoms with Crippen LogP contribution in [0.25, 0.3) is 0 Å². The average Bonchev–Trinajstić information content (AvgIpc) is 2.35. The van der Waals surface area contributed by atoms with Gasteiger partial charge in [0, 0.05) is 11.8 Å². The zero-order chi connectivity index (χ0) is 13.1. The third-order valence-corrected chi connectivity index (χ3v) is 2.71. The first-order valence-corrected chi connectivity index (χ1v) is 5.56. The van der Waals surface area contributed by atoms with Crippen molar-refractivity contribution in [3.8, 4) is 0 Å². The van der Waals surface area contributed by atoms with Crippen molar-refractivity contribution < 1.29 is 9.18 Å². The maximum absolute atomic E-state index is 13.1. The number of hydrogen-bond donors (Lipinski definition) is 1. The van der Waals surface area contributed by atoms with Crippen molar-refractivity contribution in [2.45, 2.75) is 13.8 Å². The quantitative estimate of drug-likeness (QED) is 0.882. The molecule has 4 heteroatoms. The number of carbonyl (C=O) groups excluding carboxylic acids is 1. The number of nitrogens with zero attached hydrogens (tertiary/aromatic N) is 1. The van der Waals surface area contributed by atoms with Crippen molar-refractivity contribution >= 4 is 11.6 Å². The predicted molar refractivity (Wildman–Crippen MR) is 68.1 cm³/mol. The number of hydrogen-bond acceptors (Lipinski definition) is 2. The van der Waals surface area contributed by atoms with Crippen LogP contribution < -0.4 is 5.32 Å². The number of amides is 1. The number of carbonyl (C=O) groups is 1. The van der Waals surface area contributed by atoms with Gasteiger partial charge in [0.15, 0.2) is 0 Å². The molecule has 3 nitrogen and oxygen atoms in total. The highest BCUT2D eigenvalue weighted by atomic mass is 19.1. The molecule has 2 aromatic rings. The van der Waals surface area contributed by atoms with Crippen molar-refractivity contribution in [3.05, 3.63) is 59.2 Å². The van der Waals surface area contributed by atoms with E-state index in [1.165, 1.54) is 18.2 Å². The second-order valence-corrected chi connectivity index (χ2v) is 4.11. The van der Waals surface area contributed by atoms with E-state index in [4.69, 9.17) is 0 Å². The fourth-order valence-electron chi connectivity index (χ4n) is 1.58. The fourth-order valence-corrected chi connectivity index (χ4v) is 1.58. The van der Waals surface area contributed by atoms with Crippen LogP contribution in [0.4, 0.5) is 10.1 Å². The maximum Gasteiger partial charge on any atom is 0.255 e. The van der Waals surface area contributed by atoms with Crippen LogP contribution >= 0.6 is 0 Å². The average molecular weight is 244 g/mol. The van der Waals surface area contributed by atoms with E-state index < -0.39 is 0 Å². The first-order chi connectivity index (χ1) is 8.58. The number of anilines is 1. The number of pyridine rings is 1. The van der Waals surface area contributed by atoms with E-state index in [1.807, 2.05) is 13.0 Å². The van der Waals surface area contributed by atoms with Crippen LogP contribution in [0.3, 0.4) is 0 Å². The summed E-state index contributed by atoms with van der Waals surface area (Å²) < 4.78 is 13.1. The van der Waals surface area contributed by atoms with Crippen LogP contribution in [-0.2, 0) is 0 Å². The Labute approximate surface area is 105 Å². The van der Waals surface area contributed by atoms with Crippen molar-refractivity contribution in [2.24, 2.45) is 0 Å². The van der Waals surface area contributed by atoms with Gasteiger partial charge in [-0.15, -0.1) is 0 Å². The molecule has 2 rings (SSSR count). The highest BCUT2D eigenvalue weighted by Gasteiger charge is 2.09. The second kappa shape index (κ2) is 4.96. The summed E-state index contributed by atoms with van der Waals surface area (Å²) in [5, 5.41) is 2.75. The van der Waals surface area contributed by atoms with Crippen LogP contribution in [0.15, 0.2) is 36.7 Å². The maximum atomic E-state index is 13.1. The lowest BCUT2D eigenvalue weighted by Gasteiger charge is -2.08. The minimum atomic E-state index is -0.316. The first kappa shape index (κ1) is 12.2. The molecule has 0 radical (unpaired) electrons. The Morgan fingerprint density at radius 2 is 2.00 bits per heavy atom. The SMILES string of the molecule is Cc1cc(C(=O)Nc2cnccc2C)ccc1F. The number of rotatable bonds is 2. The third kappa shape index (κ3) is 2.53. The lowest BCUT2D eigenvalue weighted by Crippen LogP contribution is -2.13. The van der Waals surface area contributed by atoms with E-state index in [2.05, 4.69) is 10.3 Å². The summed E-state index contributed by atoms with van der Waals surface area (Å²) in [6.45, 7) is 3.51. The number of aromatic nitrogens is 1. The van der Waals surface area contributed by atoms with Crippen LogP contribution in [0.5, 0.6) is 0 Å². The van der Waals surface area contributed by atoms with Crippen molar-refractivity contribution in [1.29, 1.82) is 0 Å². The Hall–Kier alpha value is -2.23. The third-order valence-electron chi connectivity index (χ3n) is 2.71. The van der Waals surface area contributed by atoms with Gasteiger partial charge in [0.2, 0.25) is 0 Å². The van der Waals surface area contributed by atoms with Gasteiger partial charge in [-0.2, -0.15) is 0 Å². The standard InChI is InChI=1S/C14H13FN2O/c1-9-5-6-16-8-13(9)17-14(18)11-3-4-12(15)10(2)7-11/h3-8H,1-2H3,(H,17,18). The Balaban J connectivity index is 2.22. The topological polar surface area (TPSA) is 42.0 Å². The van der Waals surface area contributed by atoms with Crippen LogP contribution in [0.2, 0.25) is 0 Å². The highest BCUT2D eigenvalue weighted by Crippen LogP contribution is 2.14. The summed E-state index contributed by atoms with van der Waals surface area (Å²) in [5.41, 5.74) is 2.46. The molecular weight excluding hydrogens is 231 g/mol. The minimum Gasteiger partial charge on any atom is -0.320 e. The molecule has 0 saturated heterocycles. The normalized spacial score (nSPS) is 10.2. The van der Waals surface area contributed by atoms with Gasteiger partial charge in [-0.1, -0.05) is 0 Å². The summed E-state index contributed by atoms with van der Waals surface area (Å²) in [6.07, 6.45) is 3.25. The van der Waals surface area contributed by atoms with Gasteiger partial charge in [0.25, 0.3) is 5.91 Å². The van der Waals surface area contributed by atoms with E-state index in [1.54, 1.807) is 19.3 Å². The summed E-state index contributed by atoms with van der Waals surface area (Å²) in [7, 11) is 0. The van der Waals surface area contributed by atoms with Crippen LogP contribution in [0.1, 0.15) is 21.5 Å². The summed E-state index contributed by atoms with van der Waals surface area (Å²) in [6, 6.07) is 6.09. The Bertz CT molecular complexity index is 596. The lowest BCUT2D eigenvalue weighted by molar-refractivity contribution is 0.102. The molecule has 0 atom stereocenters. The molecule has 0 unspecified atom stereocenters. The molecular formula is C14H13FN2O. The number of aryl methyl sites for hydroxylation is 2. The predicted octanol–water partition coefficient (Wildman–Crippen LogP) is 3.09. The molecule has 1 amide bonds. The van der Waals surface area contributed by atoms with E-state index in [0.29, 0.717) is 16.8 Å². The van der Waals surface area contributed by atoms with Crippen molar-refractivity contribution in [1.82, 2.24) is 4.98 Å². The van der Waals surface area contributed by atoms with Gasteiger partial charge >= 0.3 is 0 Å². The largest absolute Gasteiger partial charge is 0.320 e. The van der Waals surface area contributed by atoms with E-state index in [9.17, 15) is 9.18 Å². The van der Waals surface area contributed by atoms with Gasteiger partial charge < -0.3 is 5.32 Å². The molecule has 1 aromatic heterocycles. The van der Waals surface area contributed by atoms with E-state index in [-0.39, 0.29) is 11.7 Å². The molecule has 0 saturated carbocycles. The second-order valence-electron chi connectivity index (χ2n) is 4.11. The fraction of sp³-hybridized carbons (Fsp3) is 0.143. The number of nitrogens with one attached hydrogen (secondary N) is 1. The first-order valence-electron chi connectivity index (χ1n) is 5.56. The number of halogens is 1. The van der Waals surface area contributed by atoms with Crippen molar-refractivity contribution in [3.63, 3.8) is 0 Å². The Kier molecular flexibility index (Phi) is 3.37. The van der Waals surface area contributed by atoms with Crippen LogP contribution in [-0.4, -0.2) is 10.9 Å². The monoisotopic (exact) mass is 244 g/mol. The molecule has 0 aliphatic carbocycles. The van der Waals surface area contributed by atoms with Gasteiger partial charge in [-0.3, -0.25) is 9.78 Å². The Morgan fingerprint density at radius 3 is 2.67 bits per heavy atom. The molecule has 0 spiro atoms. The van der Waals surface area contributed by atoms with E-state index >= 15 is 0 Å². The van der Waals surface area contributed by atoms with Gasteiger partial charge in [0.1, 0.15) is 5.82 Å². The van der Waals surface area contributed by atoms with Gasteiger partial charge in [0.05, 0.1) is 11.9 Å². The zero-order valence-corrected chi connectivity index (χ0v) is 10.2. The summed E-state index contributed by atoms with van der Waals surface area (Å²) in [5.74, 6) is -0.585. The van der Waals surface area contributed by atoms with Crippen molar-refractivity contribution in [2.75, 3.05) is 5.32 Å². The smallest absolute Gasteiger partial charge is 0.255 e. The van der Waals surface area contributed by atoms with E-state index in [0.717, 1.165) is 5.56 Å². The van der Waals surface area contributed by atoms with Crippen LogP contribution in [0, 0.1) is 19.7 Å². The zero-order valence-electron chi connectivity index (χ0n) is 10.2. The molecule has 0 fully saturated rings. The Morgan fingerprint density at radius 1 is 1.22 bits per heavy atom. The molecule has 1 aromatic carbocycles. The number of benzene rings is 1. The minimum absolute atomic E-state index is 0.269. The summed E-state index contributed by atoms with van der Waals surface area (Å²) in [4.78, 5) is 15.9. The highest BCUT2D eigenvalue weighted by molar-refractivity contribution is 6.04. The molecule has 0 aliphatic heterocycles. The molecule has 0 bridgehead atoms. The molecule has 0 aliphatic rings. The molecule has 1 N–H and O–H groups in total. The van der Waals surface area contributed by atoms with Gasteiger partial charge in [-0.25, -0.2) is 4.39 Å². The summed E-state index contributed by atoms with van der Waals surface area (Å²) >= 11 is 0. The van der Waals surface area contributed by atoms with Gasteiger partial charge in [-0.05, 0) is 49.2 Å².